The molecule has 0 fully saturated rings. The van der Waals surface area contributed by atoms with Crippen molar-refractivity contribution in [1.82, 2.24) is 0 Å². The average Bonchev–Trinajstić information content (AvgIpc) is 3.07. The quantitative estimate of drug-likeness (QED) is 0.776. The topological polar surface area (TPSA) is 85.2 Å². The Balaban J connectivity index is 1.77. The zero-order chi connectivity index (χ0) is 17.9. The zero-order valence-electron chi connectivity index (χ0n) is 13.1. The molecule has 0 radical (unpaired) electrons. The molecule has 0 aliphatic carbocycles. The van der Waals surface area contributed by atoms with Crippen molar-refractivity contribution in [3.05, 3.63) is 65.2 Å². The second-order valence-corrected chi connectivity index (χ2v) is 7.68. The zero-order valence-corrected chi connectivity index (χ0v) is 14.7. The normalized spacial score (nSPS) is 20.2. The summed E-state index contributed by atoms with van der Waals surface area (Å²) in [5.41, 5.74) is -0.414. The van der Waals surface area contributed by atoms with Crippen molar-refractivity contribution >= 4 is 27.6 Å². The molecule has 1 aliphatic heterocycles. The van der Waals surface area contributed by atoms with Gasteiger partial charge in [0.15, 0.2) is 0 Å². The van der Waals surface area contributed by atoms with Crippen LogP contribution in [0, 0.1) is 0 Å². The van der Waals surface area contributed by atoms with E-state index in [0.717, 1.165) is 5.56 Å². The van der Waals surface area contributed by atoms with Crippen LogP contribution in [0.25, 0.3) is 0 Å². The number of aliphatic hydroxyl groups excluding tert-OH is 1. The Hall–Kier alpha value is -1.93. The minimum atomic E-state index is -3.99. The summed E-state index contributed by atoms with van der Waals surface area (Å²) in [4.78, 5) is 4.34. The van der Waals surface area contributed by atoms with E-state index in [4.69, 9.17) is 20.5 Å². The summed E-state index contributed by atoms with van der Waals surface area (Å²) in [6.07, 6.45) is 0. The lowest BCUT2D eigenvalue weighted by Gasteiger charge is -2.20. The van der Waals surface area contributed by atoms with Crippen LogP contribution in [-0.4, -0.2) is 44.8 Å². The van der Waals surface area contributed by atoms with Gasteiger partial charge in [0.05, 0.1) is 18.1 Å². The lowest BCUT2D eigenvalue weighted by molar-refractivity contribution is 0.110. The summed E-state index contributed by atoms with van der Waals surface area (Å²) in [5.74, 6) is 0.349. The summed E-state index contributed by atoms with van der Waals surface area (Å²) in [6, 6.07) is 14.8. The van der Waals surface area contributed by atoms with Gasteiger partial charge in [-0.3, -0.25) is 4.18 Å². The number of aliphatic imine (C=N–C) groups is 1. The van der Waals surface area contributed by atoms with Gasteiger partial charge in [-0.05, 0) is 36.4 Å². The second-order valence-electron chi connectivity index (χ2n) is 5.62. The monoisotopic (exact) mass is 381 g/mol. The molecular weight excluding hydrogens is 366 g/mol. The molecule has 132 valence electrons. The van der Waals surface area contributed by atoms with Crippen LogP contribution >= 0.6 is 11.6 Å². The molecule has 1 N–H and O–H groups in total. The Kier molecular flexibility index (Phi) is 5.10. The predicted octanol–water partition coefficient (Wildman–Crippen LogP) is 2.25. The molecule has 0 spiro atoms. The van der Waals surface area contributed by atoms with Crippen LogP contribution in [0.2, 0.25) is 5.02 Å². The Labute approximate surface area is 150 Å². The smallest absolute Gasteiger partial charge is 0.297 e. The SMILES string of the molecule is O=S(=O)(OCC1(CO)COC(c2ccccc2)=N1)c1ccc(Cl)cc1. The molecule has 8 heteroatoms. The van der Waals surface area contributed by atoms with Crippen LogP contribution < -0.4 is 0 Å². The highest BCUT2D eigenvalue weighted by Gasteiger charge is 2.38. The number of hydrogen-bond acceptors (Lipinski definition) is 6. The van der Waals surface area contributed by atoms with Gasteiger partial charge in [-0.25, -0.2) is 4.99 Å². The molecule has 1 atom stereocenters. The van der Waals surface area contributed by atoms with Crippen LogP contribution in [0.4, 0.5) is 0 Å². The van der Waals surface area contributed by atoms with E-state index < -0.39 is 22.3 Å². The van der Waals surface area contributed by atoms with Crippen molar-refractivity contribution in [3.8, 4) is 0 Å². The first-order valence-corrected chi connectivity index (χ1v) is 9.27. The van der Waals surface area contributed by atoms with Crippen molar-refractivity contribution in [2.45, 2.75) is 10.4 Å². The molecule has 1 aliphatic rings. The van der Waals surface area contributed by atoms with E-state index in [9.17, 15) is 13.5 Å². The fraction of sp³-hybridized carbons (Fsp3) is 0.235. The van der Waals surface area contributed by atoms with E-state index in [1.807, 2.05) is 30.3 Å². The molecular formula is C17H16ClNO5S. The van der Waals surface area contributed by atoms with E-state index in [1.54, 1.807) is 0 Å². The second kappa shape index (κ2) is 7.13. The van der Waals surface area contributed by atoms with E-state index in [2.05, 4.69) is 4.99 Å². The van der Waals surface area contributed by atoms with Crippen molar-refractivity contribution in [2.24, 2.45) is 4.99 Å². The standard InChI is InChI=1S/C17H16ClNO5S/c18-14-6-8-15(9-7-14)25(21,22)24-12-17(10-20)11-23-16(19-17)13-4-2-1-3-5-13/h1-9,20H,10-12H2. The highest BCUT2D eigenvalue weighted by molar-refractivity contribution is 7.86. The van der Waals surface area contributed by atoms with Crippen LogP contribution in [0.15, 0.2) is 64.5 Å². The Bertz CT molecular complexity index is 868. The molecule has 0 saturated carbocycles. The van der Waals surface area contributed by atoms with Gasteiger partial charge in [-0.15, -0.1) is 0 Å². The summed E-state index contributed by atoms with van der Waals surface area (Å²) in [7, 11) is -3.99. The average molecular weight is 382 g/mol. The largest absolute Gasteiger partial charge is 0.475 e. The molecule has 1 unspecified atom stereocenters. The molecule has 3 rings (SSSR count). The number of nitrogens with zero attached hydrogens (tertiary/aromatic N) is 1. The minimum absolute atomic E-state index is 0.0174. The van der Waals surface area contributed by atoms with Gasteiger partial charge in [0.1, 0.15) is 12.1 Å². The molecule has 6 nitrogen and oxygen atoms in total. The molecule has 0 bridgehead atoms. The fourth-order valence-electron chi connectivity index (χ4n) is 2.27. The third kappa shape index (κ3) is 4.01. The van der Waals surface area contributed by atoms with E-state index in [0.29, 0.717) is 10.9 Å². The van der Waals surface area contributed by atoms with Gasteiger partial charge in [0.2, 0.25) is 5.90 Å². The van der Waals surface area contributed by atoms with Crippen LogP contribution in [0.1, 0.15) is 5.56 Å². The summed E-state index contributed by atoms with van der Waals surface area (Å²) in [5, 5.41) is 10.1. The lowest BCUT2D eigenvalue weighted by atomic mass is 10.1. The lowest BCUT2D eigenvalue weighted by Crippen LogP contribution is -2.39. The first-order valence-electron chi connectivity index (χ1n) is 7.48. The van der Waals surface area contributed by atoms with Crippen LogP contribution in [0.3, 0.4) is 0 Å². The molecule has 0 aromatic heterocycles. The summed E-state index contributed by atoms with van der Waals surface area (Å²) in [6.45, 7) is -0.700. The highest BCUT2D eigenvalue weighted by atomic mass is 35.5. The van der Waals surface area contributed by atoms with Crippen LogP contribution in [0.5, 0.6) is 0 Å². The maximum absolute atomic E-state index is 12.3. The Morgan fingerprint density at radius 2 is 1.84 bits per heavy atom. The first-order chi connectivity index (χ1) is 11.9. The van der Waals surface area contributed by atoms with E-state index >= 15 is 0 Å². The van der Waals surface area contributed by atoms with Gasteiger partial charge < -0.3 is 9.84 Å². The van der Waals surface area contributed by atoms with E-state index in [-0.39, 0.29) is 18.1 Å². The third-order valence-corrected chi connectivity index (χ3v) is 5.25. The van der Waals surface area contributed by atoms with Crippen molar-refractivity contribution in [1.29, 1.82) is 0 Å². The Morgan fingerprint density at radius 3 is 2.48 bits per heavy atom. The Morgan fingerprint density at radius 1 is 1.16 bits per heavy atom. The van der Waals surface area contributed by atoms with Gasteiger partial charge in [-0.2, -0.15) is 8.42 Å². The molecule has 2 aromatic carbocycles. The van der Waals surface area contributed by atoms with Gasteiger partial charge in [0, 0.05) is 10.6 Å². The maximum atomic E-state index is 12.3. The number of aliphatic hydroxyl groups is 1. The molecule has 1 heterocycles. The molecule has 0 amide bonds. The van der Waals surface area contributed by atoms with Gasteiger partial charge in [0.25, 0.3) is 10.1 Å². The number of ether oxygens (including phenoxy) is 1. The van der Waals surface area contributed by atoms with Gasteiger partial charge in [-0.1, -0.05) is 29.8 Å². The molecule has 0 saturated heterocycles. The molecule has 25 heavy (non-hydrogen) atoms. The highest BCUT2D eigenvalue weighted by Crippen LogP contribution is 2.24. The van der Waals surface area contributed by atoms with Crippen molar-refractivity contribution in [3.63, 3.8) is 0 Å². The molecule has 2 aromatic rings. The number of rotatable bonds is 6. The first kappa shape index (κ1) is 17.9. The van der Waals surface area contributed by atoms with Crippen LogP contribution in [-0.2, 0) is 19.0 Å². The van der Waals surface area contributed by atoms with Gasteiger partial charge >= 0.3 is 0 Å². The van der Waals surface area contributed by atoms with E-state index in [1.165, 1.54) is 24.3 Å². The van der Waals surface area contributed by atoms with Crippen molar-refractivity contribution in [2.75, 3.05) is 19.8 Å². The third-order valence-electron chi connectivity index (χ3n) is 3.72. The summed E-state index contributed by atoms with van der Waals surface area (Å²) < 4.78 is 35.2. The number of hydrogen-bond donors (Lipinski definition) is 1. The predicted molar refractivity (Wildman–Crippen MR) is 93.3 cm³/mol. The van der Waals surface area contributed by atoms with Crippen molar-refractivity contribution < 1.29 is 22.4 Å². The number of halogens is 1. The summed E-state index contributed by atoms with van der Waals surface area (Å²) >= 11 is 5.76. The maximum Gasteiger partial charge on any atom is 0.297 e. The minimum Gasteiger partial charge on any atom is -0.475 e. The fourth-order valence-corrected chi connectivity index (χ4v) is 3.37. The number of benzene rings is 2.